The van der Waals surface area contributed by atoms with E-state index in [0.717, 1.165) is 12.0 Å². The first kappa shape index (κ1) is 12.5. The predicted octanol–water partition coefficient (Wildman–Crippen LogP) is 1.25. The minimum Gasteiger partial charge on any atom is -0.482 e. The molecule has 5 nitrogen and oxygen atoms in total. The lowest BCUT2D eigenvalue weighted by Gasteiger charge is -2.03. The van der Waals surface area contributed by atoms with Crippen molar-refractivity contribution in [3.05, 3.63) is 29.8 Å². The van der Waals surface area contributed by atoms with Crippen molar-refractivity contribution in [2.45, 2.75) is 18.7 Å². The zero-order valence-corrected chi connectivity index (χ0v) is 9.99. The van der Waals surface area contributed by atoms with Crippen LogP contribution in [0, 0.1) is 6.92 Å². The molecular weight excluding hydrogens is 228 g/mol. The maximum absolute atomic E-state index is 11.6. The predicted molar refractivity (Wildman–Crippen MR) is 61.6 cm³/mol. The summed E-state index contributed by atoms with van der Waals surface area (Å²) in [5.41, 5.74) is 0.997. The highest BCUT2D eigenvalue weighted by Crippen LogP contribution is 2.09. The SMILES string of the molecule is CCO/C=N\NS(=O)(=O)c1ccc(C)cc1. The van der Waals surface area contributed by atoms with E-state index < -0.39 is 10.0 Å². The Morgan fingerprint density at radius 1 is 1.38 bits per heavy atom. The molecule has 6 heteroatoms. The highest BCUT2D eigenvalue weighted by atomic mass is 32.2. The largest absolute Gasteiger partial charge is 0.482 e. The summed E-state index contributed by atoms with van der Waals surface area (Å²) >= 11 is 0. The van der Waals surface area contributed by atoms with Crippen molar-refractivity contribution in [1.29, 1.82) is 0 Å². The minimum atomic E-state index is -3.59. The summed E-state index contributed by atoms with van der Waals surface area (Å²) in [6, 6.07) is 6.49. The van der Waals surface area contributed by atoms with Crippen molar-refractivity contribution in [3.8, 4) is 0 Å². The first-order chi connectivity index (χ1) is 7.56. The Morgan fingerprint density at radius 3 is 2.56 bits per heavy atom. The summed E-state index contributed by atoms with van der Waals surface area (Å²) in [5, 5.41) is 3.45. The maximum atomic E-state index is 11.6. The fraction of sp³-hybridized carbons (Fsp3) is 0.300. The van der Waals surface area contributed by atoms with Crippen LogP contribution in [0.2, 0.25) is 0 Å². The van der Waals surface area contributed by atoms with Crippen LogP contribution in [-0.2, 0) is 14.8 Å². The zero-order chi connectivity index (χ0) is 12.0. The van der Waals surface area contributed by atoms with Gasteiger partial charge in [-0.15, -0.1) is 5.10 Å². The number of sulfonamides is 1. The molecule has 0 bridgehead atoms. The van der Waals surface area contributed by atoms with Crippen molar-refractivity contribution >= 4 is 16.4 Å². The van der Waals surface area contributed by atoms with E-state index in [1.54, 1.807) is 19.1 Å². The molecule has 0 spiro atoms. The van der Waals surface area contributed by atoms with Crippen molar-refractivity contribution < 1.29 is 13.2 Å². The highest BCUT2D eigenvalue weighted by molar-refractivity contribution is 7.89. The molecular formula is C10H14N2O3S. The van der Waals surface area contributed by atoms with E-state index in [4.69, 9.17) is 4.74 Å². The van der Waals surface area contributed by atoms with Gasteiger partial charge in [0, 0.05) is 0 Å². The Labute approximate surface area is 95.2 Å². The molecule has 0 saturated carbocycles. The number of hydrogen-bond donors (Lipinski definition) is 1. The lowest BCUT2D eigenvalue weighted by Crippen LogP contribution is -2.18. The minimum absolute atomic E-state index is 0.173. The van der Waals surface area contributed by atoms with Gasteiger partial charge in [-0.05, 0) is 26.0 Å². The number of ether oxygens (including phenoxy) is 1. The quantitative estimate of drug-likeness (QED) is 0.480. The molecule has 0 aliphatic carbocycles. The van der Waals surface area contributed by atoms with Crippen LogP contribution in [0.1, 0.15) is 12.5 Å². The molecule has 0 aliphatic rings. The van der Waals surface area contributed by atoms with Gasteiger partial charge in [-0.1, -0.05) is 17.7 Å². The van der Waals surface area contributed by atoms with Crippen molar-refractivity contribution in [1.82, 2.24) is 4.83 Å². The molecule has 0 radical (unpaired) electrons. The van der Waals surface area contributed by atoms with Crippen LogP contribution >= 0.6 is 0 Å². The Morgan fingerprint density at radius 2 is 2.00 bits per heavy atom. The van der Waals surface area contributed by atoms with E-state index in [1.807, 2.05) is 11.8 Å². The topological polar surface area (TPSA) is 67.8 Å². The molecule has 0 amide bonds. The van der Waals surface area contributed by atoms with Gasteiger partial charge >= 0.3 is 0 Å². The smallest absolute Gasteiger partial charge is 0.276 e. The Balaban J connectivity index is 2.74. The third kappa shape index (κ3) is 3.54. The van der Waals surface area contributed by atoms with Gasteiger partial charge < -0.3 is 4.74 Å². The lowest BCUT2D eigenvalue weighted by atomic mass is 10.2. The van der Waals surface area contributed by atoms with Gasteiger partial charge in [-0.2, -0.15) is 13.2 Å². The van der Waals surface area contributed by atoms with Gasteiger partial charge in [0.15, 0.2) is 6.40 Å². The zero-order valence-electron chi connectivity index (χ0n) is 9.17. The second-order valence-electron chi connectivity index (χ2n) is 3.10. The fourth-order valence-corrected chi connectivity index (χ4v) is 1.75. The standard InChI is InChI=1S/C10H14N2O3S/c1-3-15-8-11-12-16(13,14)10-6-4-9(2)5-7-10/h4-8,12H,3H2,1-2H3/b11-8-. The molecule has 16 heavy (non-hydrogen) atoms. The summed E-state index contributed by atoms with van der Waals surface area (Å²) < 4.78 is 28.0. The maximum Gasteiger partial charge on any atom is 0.276 e. The molecule has 0 unspecified atom stereocenters. The first-order valence-electron chi connectivity index (χ1n) is 4.78. The number of nitrogens with zero attached hydrogens (tertiary/aromatic N) is 1. The van der Waals surface area contributed by atoms with Crippen LogP contribution < -0.4 is 4.83 Å². The molecule has 1 N–H and O–H groups in total. The van der Waals surface area contributed by atoms with E-state index in [-0.39, 0.29) is 4.90 Å². The van der Waals surface area contributed by atoms with Crippen molar-refractivity contribution in [3.63, 3.8) is 0 Å². The number of aryl methyl sites for hydroxylation is 1. The van der Waals surface area contributed by atoms with Crippen molar-refractivity contribution in [2.75, 3.05) is 6.61 Å². The summed E-state index contributed by atoms with van der Waals surface area (Å²) in [7, 11) is -3.59. The monoisotopic (exact) mass is 242 g/mol. The van der Waals surface area contributed by atoms with Crippen LogP contribution in [-0.4, -0.2) is 21.4 Å². The molecule has 1 aromatic carbocycles. The van der Waals surface area contributed by atoms with Gasteiger partial charge in [-0.25, -0.2) is 0 Å². The summed E-state index contributed by atoms with van der Waals surface area (Å²) in [6.45, 7) is 4.10. The van der Waals surface area contributed by atoms with Crippen LogP contribution in [0.25, 0.3) is 0 Å². The lowest BCUT2D eigenvalue weighted by molar-refractivity contribution is 0.341. The molecule has 0 aromatic heterocycles. The van der Waals surface area contributed by atoms with Gasteiger partial charge in [0.25, 0.3) is 10.0 Å². The molecule has 0 aliphatic heterocycles. The molecule has 1 rings (SSSR count). The average Bonchev–Trinajstić information content (AvgIpc) is 2.25. The van der Waals surface area contributed by atoms with Crippen molar-refractivity contribution in [2.24, 2.45) is 5.10 Å². The molecule has 88 valence electrons. The molecule has 0 saturated heterocycles. The van der Waals surface area contributed by atoms with Gasteiger partial charge in [0.1, 0.15) is 0 Å². The van der Waals surface area contributed by atoms with E-state index in [0.29, 0.717) is 6.61 Å². The van der Waals surface area contributed by atoms with E-state index in [1.165, 1.54) is 12.1 Å². The third-order valence-corrected chi connectivity index (χ3v) is 3.04. The first-order valence-corrected chi connectivity index (χ1v) is 6.26. The Kier molecular flexibility index (Phi) is 4.30. The molecule has 0 atom stereocenters. The highest BCUT2D eigenvalue weighted by Gasteiger charge is 2.11. The van der Waals surface area contributed by atoms with E-state index in [9.17, 15) is 8.42 Å². The second kappa shape index (κ2) is 5.50. The number of hydrazone groups is 1. The van der Waals surface area contributed by atoms with E-state index in [2.05, 4.69) is 5.10 Å². The van der Waals surface area contributed by atoms with Crippen LogP contribution in [0.5, 0.6) is 0 Å². The summed E-state index contributed by atoms with van der Waals surface area (Å²) in [4.78, 5) is 2.22. The number of hydrogen-bond acceptors (Lipinski definition) is 4. The van der Waals surface area contributed by atoms with E-state index >= 15 is 0 Å². The van der Waals surface area contributed by atoms with Gasteiger partial charge in [0.05, 0.1) is 11.5 Å². The van der Waals surface area contributed by atoms with Crippen LogP contribution in [0.3, 0.4) is 0 Å². The molecule has 0 fully saturated rings. The van der Waals surface area contributed by atoms with Gasteiger partial charge in [-0.3, -0.25) is 0 Å². The average molecular weight is 242 g/mol. The third-order valence-electron chi connectivity index (χ3n) is 1.80. The summed E-state index contributed by atoms with van der Waals surface area (Å²) in [6.07, 6.45) is 1.06. The fourth-order valence-electron chi connectivity index (χ4n) is 0.973. The Bertz CT molecular complexity index is 451. The van der Waals surface area contributed by atoms with Crippen LogP contribution in [0.4, 0.5) is 0 Å². The van der Waals surface area contributed by atoms with Crippen LogP contribution in [0.15, 0.2) is 34.3 Å². The Hall–Kier alpha value is -1.56. The second-order valence-corrected chi connectivity index (χ2v) is 4.76. The number of benzene rings is 1. The molecule has 0 heterocycles. The molecule has 1 aromatic rings. The summed E-state index contributed by atoms with van der Waals surface area (Å²) in [5.74, 6) is 0. The number of nitrogens with one attached hydrogen (secondary N) is 1. The van der Waals surface area contributed by atoms with Gasteiger partial charge in [0.2, 0.25) is 0 Å². The normalized spacial score (nSPS) is 11.6. The number of rotatable bonds is 5.